The largest absolute Gasteiger partial charge is 0.272 e. The molecule has 136 valence electrons. The molecule has 0 atom stereocenters. The Balaban J connectivity index is 1.35. The van der Waals surface area contributed by atoms with Gasteiger partial charge in [-0.2, -0.15) is 5.10 Å². The minimum atomic E-state index is -0.116. The van der Waals surface area contributed by atoms with Crippen LogP contribution in [-0.4, -0.2) is 17.9 Å². The van der Waals surface area contributed by atoms with Crippen LogP contribution in [0.5, 0.6) is 0 Å². The van der Waals surface area contributed by atoms with Crippen LogP contribution in [0.1, 0.15) is 22.3 Å². The second-order valence-corrected chi connectivity index (χ2v) is 7.92. The highest BCUT2D eigenvalue weighted by Crippen LogP contribution is 2.32. The van der Waals surface area contributed by atoms with Gasteiger partial charge in [0, 0.05) is 16.3 Å². The number of hydrogen-bond donors (Lipinski definition) is 1. The minimum absolute atomic E-state index is 0.116. The summed E-state index contributed by atoms with van der Waals surface area (Å²) in [4.78, 5) is 12.0. The highest BCUT2D eigenvalue weighted by molar-refractivity contribution is 7.99. The molecule has 0 aliphatic heterocycles. The van der Waals surface area contributed by atoms with Gasteiger partial charge in [0.15, 0.2) is 0 Å². The first kappa shape index (κ1) is 18.1. The van der Waals surface area contributed by atoms with Gasteiger partial charge in [0.1, 0.15) is 0 Å². The summed E-state index contributed by atoms with van der Waals surface area (Å²) in [6.45, 7) is 0. The zero-order chi connectivity index (χ0) is 18.6. The van der Waals surface area contributed by atoms with Crippen molar-refractivity contribution in [2.24, 2.45) is 5.10 Å². The molecule has 1 amide bonds. The van der Waals surface area contributed by atoms with Gasteiger partial charge in [0.05, 0.1) is 12.0 Å². The average Bonchev–Trinajstić information content (AvgIpc) is 3.10. The molecule has 0 radical (unpaired) electrons. The van der Waals surface area contributed by atoms with Crippen molar-refractivity contribution in [2.75, 3.05) is 5.75 Å². The van der Waals surface area contributed by atoms with Gasteiger partial charge in [0.25, 0.3) is 0 Å². The molecule has 4 rings (SSSR count). The second kappa shape index (κ2) is 8.15. The molecular weight excluding hydrogens is 376 g/mol. The second-order valence-electron chi connectivity index (χ2n) is 6.53. The molecule has 27 heavy (non-hydrogen) atoms. The van der Waals surface area contributed by atoms with E-state index in [1.54, 1.807) is 6.21 Å². The van der Waals surface area contributed by atoms with E-state index in [0.29, 0.717) is 11.5 Å². The Bertz CT molecular complexity index is 1020. The van der Waals surface area contributed by atoms with Gasteiger partial charge in [-0.25, -0.2) is 5.43 Å². The first-order valence-corrected chi connectivity index (χ1v) is 10.4. The van der Waals surface area contributed by atoms with E-state index in [4.69, 9.17) is 11.6 Å². The molecule has 3 aromatic rings. The smallest absolute Gasteiger partial charge is 0.250 e. The Kier molecular flexibility index (Phi) is 5.46. The van der Waals surface area contributed by atoms with Crippen molar-refractivity contribution in [2.45, 2.75) is 18.6 Å². The topological polar surface area (TPSA) is 41.5 Å². The van der Waals surface area contributed by atoms with Crippen LogP contribution >= 0.6 is 23.4 Å². The maximum absolute atomic E-state index is 12.0. The Morgan fingerprint density at radius 1 is 1.07 bits per heavy atom. The van der Waals surface area contributed by atoms with Gasteiger partial charge in [-0.3, -0.25) is 4.79 Å². The number of benzene rings is 3. The predicted octanol–water partition coefficient (Wildman–Crippen LogP) is 4.98. The summed E-state index contributed by atoms with van der Waals surface area (Å²) in [5, 5.41) is 7.44. The van der Waals surface area contributed by atoms with E-state index in [1.165, 1.54) is 33.7 Å². The molecule has 0 aromatic heterocycles. The number of hydrazone groups is 1. The first-order chi connectivity index (χ1) is 13.2. The minimum Gasteiger partial charge on any atom is -0.272 e. The van der Waals surface area contributed by atoms with E-state index >= 15 is 0 Å². The Morgan fingerprint density at radius 2 is 1.89 bits per heavy atom. The van der Waals surface area contributed by atoms with Gasteiger partial charge >= 0.3 is 0 Å². The number of nitrogens with zero attached hydrogens (tertiary/aromatic N) is 1. The maximum atomic E-state index is 12.0. The van der Waals surface area contributed by atoms with E-state index in [-0.39, 0.29) is 5.91 Å². The Morgan fingerprint density at radius 3 is 2.74 bits per heavy atom. The standard InChI is InChI=1S/C22H19ClN2OS/c23-20-7-2-1-4-18(20)13-27-14-21(26)25-24-12-17-11-10-16-9-8-15-5-3-6-19(17)22(15)16/h1-7,10-12H,8-9,13-14H2,(H,25,26)/b24-12-. The highest BCUT2D eigenvalue weighted by atomic mass is 35.5. The summed E-state index contributed by atoms with van der Waals surface area (Å²) in [5.74, 6) is 0.923. The van der Waals surface area contributed by atoms with E-state index in [9.17, 15) is 4.79 Å². The third-order valence-electron chi connectivity index (χ3n) is 4.75. The van der Waals surface area contributed by atoms with Crippen molar-refractivity contribution in [1.82, 2.24) is 5.43 Å². The van der Waals surface area contributed by atoms with Gasteiger partial charge < -0.3 is 0 Å². The molecule has 3 nitrogen and oxygen atoms in total. The third-order valence-corrected chi connectivity index (χ3v) is 6.10. The van der Waals surface area contributed by atoms with Crippen LogP contribution in [0.15, 0.2) is 59.7 Å². The summed E-state index contributed by atoms with van der Waals surface area (Å²) in [5.41, 5.74) is 7.48. The molecule has 0 saturated heterocycles. The lowest BCUT2D eigenvalue weighted by Gasteiger charge is -2.05. The lowest BCUT2D eigenvalue weighted by atomic mass is 10.0. The first-order valence-electron chi connectivity index (χ1n) is 8.89. The lowest BCUT2D eigenvalue weighted by molar-refractivity contribution is -0.118. The number of aryl methyl sites for hydroxylation is 2. The number of rotatable bonds is 6. The molecule has 0 spiro atoms. The van der Waals surface area contributed by atoms with E-state index in [1.807, 2.05) is 24.3 Å². The zero-order valence-electron chi connectivity index (χ0n) is 14.7. The lowest BCUT2D eigenvalue weighted by Crippen LogP contribution is -2.19. The Hall–Kier alpha value is -2.30. The summed E-state index contributed by atoms with van der Waals surface area (Å²) >= 11 is 7.65. The molecule has 3 aromatic carbocycles. The fourth-order valence-electron chi connectivity index (χ4n) is 3.46. The third kappa shape index (κ3) is 4.02. The van der Waals surface area contributed by atoms with Crippen molar-refractivity contribution < 1.29 is 4.79 Å². The normalized spacial score (nSPS) is 12.8. The van der Waals surface area contributed by atoms with Crippen LogP contribution in [0, 0.1) is 0 Å². The van der Waals surface area contributed by atoms with Crippen LogP contribution in [0.25, 0.3) is 10.8 Å². The van der Waals surface area contributed by atoms with Crippen LogP contribution in [0.2, 0.25) is 5.02 Å². The van der Waals surface area contributed by atoms with Gasteiger partial charge in [0.2, 0.25) is 5.91 Å². The number of carbonyl (C=O) groups is 1. The van der Waals surface area contributed by atoms with Crippen LogP contribution in [-0.2, 0) is 23.4 Å². The summed E-state index contributed by atoms with van der Waals surface area (Å²) in [7, 11) is 0. The molecular formula is C22H19ClN2OS. The monoisotopic (exact) mass is 394 g/mol. The summed E-state index contributed by atoms with van der Waals surface area (Å²) in [6, 6.07) is 18.3. The van der Waals surface area contributed by atoms with Crippen molar-refractivity contribution in [3.8, 4) is 0 Å². The molecule has 1 aliphatic rings. The number of nitrogens with one attached hydrogen (secondary N) is 1. The molecule has 0 saturated carbocycles. The van der Waals surface area contributed by atoms with Gasteiger partial charge in [-0.05, 0) is 46.4 Å². The van der Waals surface area contributed by atoms with Crippen molar-refractivity contribution in [1.29, 1.82) is 0 Å². The van der Waals surface area contributed by atoms with E-state index < -0.39 is 0 Å². The van der Waals surface area contributed by atoms with Crippen LogP contribution < -0.4 is 5.43 Å². The molecule has 0 unspecified atom stereocenters. The molecule has 0 bridgehead atoms. The SMILES string of the molecule is O=C(CSCc1ccccc1Cl)N/N=C\c1ccc2c3c(cccc13)CC2. The van der Waals surface area contributed by atoms with E-state index in [2.05, 4.69) is 40.9 Å². The molecule has 1 N–H and O–H groups in total. The molecule has 0 heterocycles. The highest BCUT2D eigenvalue weighted by Gasteiger charge is 2.15. The molecule has 0 fully saturated rings. The van der Waals surface area contributed by atoms with Crippen molar-refractivity contribution >= 4 is 46.3 Å². The quantitative estimate of drug-likeness (QED) is 0.473. The predicted molar refractivity (Wildman–Crippen MR) is 115 cm³/mol. The number of halogens is 1. The molecule has 5 heteroatoms. The summed E-state index contributed by atoms with van der Waals surface area (Å²) < 4.78 is 0. The number of hydrogen-bond acceptors (Lipinski definition) is 3. The van der Waals surface area contributed by atoms with Crippen LogP contribution in [0.4, 0.5) is 0 Å². The zero-order valence-corrected chi connectivity index (χ0v) is 16.3. The van der Waals surface area contributed by atoms with Crippen molar-refractivity contribution in [3.05, 3.63) is 81.9 Å². The molecule has 1 aliphatic carbocycles. The fourth-order valence-corrected chi connectivity index (χ4v) is 4.56. The average molecular weight is 395 g/mol. The summed E-state index contributed by atoms with van der Waals surface area (Å²) in [6.07, 6.45) is 3.94. The number of carbonyl (C=O) groups excluding carboxylic acids is 1. The van der Waals surface area contributed by atoms with Gasteiger partial charge in [-0.1, -0.05) is 60.1 Å². The van der Waals surface area contributed by atoms with Crippen LogP contribution in [0.3, 0.4) is 0 Å². The number of amides is 1. The Labute approximate surface area is 167 Å². The van der Waals surface area contributed by atoms with Crippen molar-refractivity contribution in [3.63, 3.8) is 0 Å². The fraction of sp³-hybridized carbons (Fsp3) is 0.182. The van der Waals surface area contributed by atoms with Gasteiger partial charge in [-0.15, -0.1) is 11.8 Å². The maximum Gasteiger partial charge on any atom is 0.250 e. The van der Waals surface area contributed by atoms with E-state index in [0.717, 1.165) is 29.0 Å². The number of thioether (sulfide) groups is 1.